The maximum atomic E-state index is 13.1. The first kappa shape index (κ1) is 24.3. The van der Waals surface area contributed by atoms with Gasteiger partial charge < -0.3 is 14.8 Å². The molecule has 33 heavy (non-hydrogen) atoms. The second-order valence-corrected chi connectivity index (χ2v) is 8.30. The van der Waals surface area contributed by atoms with Gasteiger partial charge in [0.05, 0.1) is 23.5 Å². The highest BCUT2D eigenvalue weighted by atomic mass is 32.2. The molecule has 1 N–H and O–H groups in total. The van der Waals surface area contributed by atoms with E-state index in [9.17, 15) is 22.8 Å². The van der Waals surface area contributed by atoms with Crippen molar-refractivity contribution < 1.29 is 22.8 Å². The van der Waals surface area contributed by atoms with Crippen LogP contribution in [-0.2, 0) is 22.8 Å². The molecule has 0 fully saturated rings. The summed E-state index contributed by atoms with van der Waals surface area (Å²) in [5.74, 6) is -0.462. The molecule has 0 unspecified atom stereocenters. The minimum atomic E-state index is -4.60. The SMILES string of the molecule is Cc1ccc(-c2nnc(SCC(=O)N(C)CC(=O)Nc3ccccc3C(F)(F)F)n2C)cc1. The van der Waals surface area contributed by atoms with Gasteiger partial charge in [-0.2, -0.15) is 13.2 Å². The predicted molar refractivity (Wildman–Crippen MR) is 120 cm³/mol. The molecular formula is C22H22F3N5O2S. The van der Waals surface area contributed by atoms with Crippen LogP contribution < -0.4 is 5.32 Å². The molecule has 0 spiro atoms. The highest BCUT2D eigenvalue weighted by Gasteiger charge is 2.33. The van der Waals surface area contributed by atoms with E-state index >= 15 is 0 Å². The van der Waals surface area contributed by atoms with E-state index in [1.54, 1.807) is 11.6 Å². The maximum absolute atomic E-state index is 13.1. The van der Waals surface area contributed by atoms with Gasteiger partial charge >= 0.3 is 6.18 Å². The summed E-state index contributed by atoms with van der Waals surface area (Å²) in [6.07, 6.45) is -4.60. The second-order valence-electron chi connectivity index (χ2n) is 7.36. The van der Waals surface area contributed by atoms with Crippen LogP contribution in [0.1, 0.15) is 11.1 Å². The van der Waals surface area contributed by atoms with E-state index in [1.807, 2.05) is 31.2 Å². The van der Waals surface area contributed by atoms with Crippen LogP contribution in [0.25, 0.3) is 11.4 Å². The van der Waals surface area contributed by atoms with Crippen LogP contribution in [0.15, 0.2) is 53.7 Å². The highest BCUT2D eigenvalue weighted by Crippen LogP contribution is 2.34. The van der Waals surface area contributed by atoms with Crippen molar-refractivity contribution in [2.24, 2.45) is 7.05 Å². The lowest BCUT2D eigenvalue weighted by molar-refractivity contribution is -0.137. The molecule has 0 bridgehead atoms. The van der Waals surface area contributed by atoms with Gasteiger partial charge in [0.25, 0.3) is 0 Å². The third kappa shape index (κ3) is 6.13. The molecule has 7 nitrogen and oxygen atoms in total. The molecule has 11 heteroatoms. The number of amides is 2. The molecule has 0 atom stereocenters. The summed E-state index contributed by atoms with van der Waals surface area (Å²) in [7, 11) is 3.20. The number of carbonyl (C=O) groups is 2. The van der Waals surface area contributed by atoms with E-state index in [0.717, 1.165) is 39.9 Å². The second kappa shape index (κ2) is 10.1. The molecular weight excluding hydrogens is 455 g/mol. The van der Waals surface area contributed by atoms with Gasteiger partial charge in [0.1, 0.15) is 0 Å². The highest BCUT2D eigenvalue weighted by molar-refractivity contribution is 7.99. The summed E-state index contributed by atoms with van der Waals surface area (Å²) in [6.45, 7) is 1.60. The predicted octanol–water partition coefficient (Wildman–Crippen LogP) is 4.00. The molecule has 1 heterocycles. The number of anilines is 1. The van der Waals surface area contributed by atoms with Crippen molar-refractivity contribution in [1.29, 1.82) is 0 Å². The number of aromatic nitrogens is 3. The Kier molecular flexibility index (Phi) is 7.42. The average molecular weight is 478 g/mol. The molecule has 0 saturated carbocycles. The molecule has 0 aliphatic carbocycles. The van der Waals surface area contributed by atoms with E-state index in [1.165, 1.54) is 19.2 Å². The van der Waals surface area contributed by atoms with Crippen molar-refractivity contribution in [3.05, 3.63) is 59.7 Å². The molecule has 0 radical (unpaired) electrons. The Hall–Kier alpha value is -3.34. The van der Waals surface area contributed by atoms with Crippen LogP contribution in [-0.4, -0.2) is 50.8 Å². The molecule has 174 valence electrons. The van der Waals surface area contributed by atoms with Crippen molar-refractivity contribution >= 4 is 29.3 Å². The number of para-hydroxylation sites is 1. The minimum absolute atomic E-state index is 0.0111. The number of carbonyl (C=O) groups excluding carboxylic acids is 2. The standard InChI is InChI=1S/C22H22F3N5O2S/c1-14-8-10-15(11-9-14)20-27-28-21(30(20)3)33-13-19(32)29(2)12-18(31)26-17-7-5-4-6-16(17)22(23,24)25/h4-11H,12-13H2,1-3H3,(H,26,31). The largest absolute Gasteiger partial charge is 0.418 e. The lowest BCUT2D eigenvalue weighted by Crippen LogP contribution is -2.36. The fourth-order valence-electron chi connectivity index (χ4n) is 2.96. The maximum Gasteiger partial charge on any atom is 0.418 e. The number of benzene rings is 2. The van der Waals surface area contributed by atoms with Crippen molar-refractivity contribution in [1.82, 2.24) is 19.7 Å². The Labute approximate surface area is 193 Å². The normalized spacial score (nSPS) is 11.3. The number of halogens is 3. The van der Waals surface area contributed by atoms with Crippen molar-refractivity contribution in [2.75, 3.05) is 24.7 Å². The summed E-state index contributed by atoms with van der Waals surface area (Å²) in [5, 5.41) is 11.0. The topological polar surface area (TPSA) is 80.1 Å². The van der Waals surface area contributed by atoms with E-state index in [2.05, 4.69) is 15.5 Å². The first-order valence-corrected chi connectivity index (χ1v) is 10.8. The number of hydrogen-bond acceptors (Lipinski definition) is 5. The van der Waals surface area contributed by atoms with Gasteiger partial charge in [0, 0.05) is 19.7 Å². The number of nitrogens with one attached hydrogen (secondary N) is 1. The number of thioether (sulfide) groups is 1. The van der Waals surface area contributed by atoms with Crippen LogP contribution in [0.5, 0.6) is 0 Å². The first-order chi connectivity index (χ1) is 15.6. The Morgan fingerprint density at radius 1 is 1.09 bits per heavy atom. The van der Waals surface area contributed by atoms with Crippen LogP contribution in [0.2, 0.25) is 0 Å². The molecule has 2 amide bonds. The summed E-state index contributed by atoms with van der Waals surface area (Å²) in [6, 6.07) is 12.5. The fourth-order valence-corrected chi connectivity index (χ4v) is 3.82. The Morgan fingerprint density at radius 2 is 1.76 bits per heavy atom. The summed E-state index contributed by atoms with van der Waals surface area (Å²) in [5.41, 5.74) is 0.708. The molecule has 2 aromatic carbocycles. The summed E-state index contributed by atoms with van der Waals surface area (Å²) in [4.78, 5) is 25.8. The van der Waals surface area contributed by atoms with E-state index in [0.29, 0.717) is 11.0 Å². The van der Waals surface area contributed by atoms with Crippen LogP contribution >= 0.6 is 11.8 Å². The smallest absolute Gasteiger partial charge is 0.336 e. The zero-order valence-electron chi connectivity index (χ0n) is 18.2. The number of rotatable bonds is 7. The van der Waals surface area contributed by atoms with Crippen molar-refractivity contribution in [3.8, 4) is 11.4 Å². The Bertz CT molecular complexity index is 1150. The zero-order valence-corrected chi connectivity index (χ0v) is 19.0. The Balaban J connectivity index is 1.56. The van der Waals surface area contributed by atoms with Crippen molar-refractivity contribution in [3.63, 3.8) is 0 Å². The average Bonchev–Trinajstić information content (AvgIpc) is 3.12. The van der Waals surface area contributed by atoms with Gasteiger partial charge in [-0.15, -0.1) is 10.2 Å². The van der Waals surface area contributed by atoms with E-state index in [-0.39, 0.29) is 23.9 Å². The minimum Gasteiger partial charge on any atom is -0.336 e. The number of alkyl halides is 3. The van der Waals surface area contributed by atoms with Gasteiger partial charge in [-0.1, -0.05) is 53.7 Å². The number of likely N-dealkylation sites (N-methyl/N-ethyl adjacent to an activating group) is 1. The molecule has 1 aromatic heterocycles. The molecule has 3 rings (SSSR count). The van der Waals surface area contributed by atoms with E-state index < -0.39 is 17.6 Å². The van der Waals surface area contributed by atoms with Crippen molar-refractivity contribution in [2.45, 2.75) is 18.3 Å². The molecule has 3 aromatic rings. The van der Waals surface area contributed by atoms with Gasteiger partial charge in [-0.3, -0.25) is 9.59 Å². The Morgan fingerprint density at radius 3 is 2.42 bits per heavy atom. The van der Waals surface area contributed by atoms with Gasteiger partial charge in [-0.05, 0) is 19.1 Å². The third-order valence-electron chi connectivity index (χ3n) is 4.78. The monoisotopic (exact) mass is 477 g/mol. The van der Waals surface area contributed by atoms with Gasteiger partial charge in [0.15, 0.2) is 11.0 Å². The quantitative estimate of drug-likeness (QED) is 0.521. The molecule has 0 aliphatic rings. The van der Waals surface area contributed by atoms with Crippen LogP contribution in [0.4, 0.5) is 18.9 Å². The van der Waals surface area contributed by atoms with E-state index in [4.69, 9.17) is 0 Å². The van der Waals surface area contributed by atoms with Crippen LogP contribution in [0.3, 0.4) is 0 Å². The number of nitrogens with zero attached hydrogens (tertiary/aromatic N) is 4. The molecule has 0 saturated heterocycles. The third-order valence-corrected chi connectivity index (χ3v) is 5.79. The molecule has 0 aliphatic heterocycles. The van der Waals surface area contributed by atoms with Crippen LogP contribution in [0, 0.1) is 6.92 Å². The zero-order chi connectivity index (χ0) is 24.2. The number of aryl methyl sites for hydroxylation is 1. The lowest BCUT2D eigenvalue weighted by atomic mass is 10.1. The number of hydrogen-bond donors (Lipinski definition) is 1. The summed E-state index contributed by atoms with van der Waals surface area (Å²) < 4.78 is 41.0. The summed E-state index contributed by atoms with van der Waals surface area (Å²) >= 11 is 1.16. The van der Waals surface area contributed by atoms with Gasteiger partial charge in [0.2, 0.25) is 11.8 Å². The van der Waals surface area contributed by atoms with Gasteiger partial charge in [-0.25, -0.2) is 0 Å². The first-order valence-electron chi connectivity index (χ1n) is 9.85. The lowest BCUT2D eigenvalue weighted by Gasteiger charge is -2.18. The fraction of sp³-hybridized carbons (Fsp3) is 0.273.